The first kappa shape index (κ1) is 13.9. The number of carbonyl (C=O) groups is 1. The largest absolute Gasteiger partial charge is 0.399 e. The van der Waals surface area contributed by atoms with Gasteiger partial charge in [0.1, 0.15) is 0 Å². The molecule has 1 unspecified atom stereocenters. The number of carbonyl (C=O) groups excluding carboxylic acids is 1. The van der Waals surface area contributed by atoms with E-state index >= 15 is 0 Å². The van der Waals surface area contributed by atoms with Crippen LogP contribution in [0.1, 0.15) is 25.3 Å². The second-order valence-electron chi connectivity index (χ2n) is 5.07. The van der Waals surface area contributed by atoms with Gasteiger partial charge in [0.25, 0.3) is 0 Å². The van der Waals surface area contributed by atoms with Crippen LogP contribution in [0.2, 0.25) is 0 Å². The monoisotopic (exact) mass is 262 g/mol. The Balaban J connectivity index is 1.88. The zero-order valence-electron chi connectivity index (χ0n) is 11.5. The maximum Gasteiger partial charge on any atom is 0.222 e. The fraction of sp³-hybridized carbons (Fsp3) is 0.533. The van der Waals surface area contributed by atoms with Crippen molar-refractivity contribution in [2.24, 2.45) is 0 Å². The molecular formula is C15H22N2O2. The normalized spacial score (nSPS) is 20.1. The van der Waals surface area contributed by atoms with Crippen molar-refractivity contribution >= 4 is 11.6 Å². The lowest BCUT2D eigenvalue weighted by Crippen LogP contribution is -2.36. The third kappa shape index (κ3) is 3.96. The molecule has 4 nitrogen and oxygen atoms in total. The highest BCUT2D eigenvalue weighted by molar-refractivity contribution is 5.76. The molecular weight excluding hydrogens is 240 g/mol. The minimum absolute atomic E-state index is 0.133. The predicted octanol–water partition coefficient (Wildman–Crippen LogP) is 1.84. The number of aryl methyl sites for hydroxylation is 1. The minimum atomic E-state index is 0.133. The Bertz CT molecular complexity index is 434. The van der Waals surface area contributed by atoms with E-state index in [1.807, 2.05) is 36.1 Å². The summed E-state index contributed by atoms with van der Waals surface area (Å²) in [5, 5.41) is 0. The van der Waals surface area contributed by atoms with Gasteiger partial charge in [-0.05, 0) is 31.4 Å². The van der Waals surface area contributed by atoms with Crippen LogP contribution >= 0.6 is 0 Å². The SMILES string of the molecule is CC1CN(C(=O)CCc2ccccc2N)CCCO1. The van der Waals surface area contributed by atoms with Gasteiger partial charge in [0, 0.05) is 31.8 Å². The second-order valence-corrected chi connectivity index (χ2v) is 5.07. The van der Waals surface area contributed by atoms with Gasteiger partial charge >= 0.3 is 0 Å². The van der Waals surface area contributed by atoms with Crippen molar-refractivity contribution in [3.8, 4) is 0 Å². The van der Waals surface area contributed by atoms with Crippen molar-refractivity contribution in [1.29, 1.82) is 0 Å². The summed E-state index contributed by atoms with van der Waals surface area (Å²) in [7, 11) is 0. The van der Waals surface area contributed by atoms with Crippen molar-refractivity contribution in [2.45, 2.75) is 32.3 Å². The molecule has 2 N–H and O–H groups in total. The summed E-state index contributed by atoms with van der Waals surface area (Å²) in [6.07, 6.45) is 2.27. The van der Waals surface area contributed by atoms with E-state index in [-0.39, 0.29) is 12.0 Å². The Hall–Kier alpha value is -1.55. The standard InChI is InChI=1S/C15H22N2O2/c1-12-11-17(9-4-10-19-12)15(18)8-7-13-5-2-3-6-14(13)16/h2-3,5-6,12H,4,7-11,16H2,1H3. The van der Waals surface area contributed by atoms with E-state index in [2.05, 4.69) is 0 Å². The first-order valence-electron chi connectivity index (χ1n) is 6.89. The molecule has 0 aliphatic carbocycles. The van der Waals surface area contributed by atoms with E-state index in [9.17, 15) is 4.79 Å². The molecule has 0 spiro atoms. The number of benzene rings is 1. The summed E-state index contributed by atoms with van der Waals surface area (Å²) in [5.41, 5.74) is 7.70. The van der Waals surface area contributed by atoms with Gasteiger partial charge in [0.2, 0.25) is 5.91 Å². The summed E-state index contributed by atoms with van der Waals surface area (Å²) in [6.45, 7) is 4.26. The van der Waals surface area contributed by atoms with E-state index in [0.717, 1.165) is 30.8 Å². The Morgan fingerprint density at radius 2 is 2.26 bits per heavy atom. The lowest BCUT2D eigenvalue weighted by Gasteiger charge is -2.22. The molecule has 1 aliphatic rings. The van der Waals surface area contributed by atoms with Crippen LogP contribution in [0.25, 0.3) is 0 Å². The summed E-state index contributed by atoms with van der Waals surface area (Å²) in [5.74, 6) is 0.195. The number of nitrogens with zero attached hydrogens (tertiary/aromatic N) is 1. The Morgan fingerprint density at radius 1 is 1.47 bits per heavy atom. The van der Waals surface area contributed by atoms with Gasteiger partial charge in [-0.2, -0.15) is 0 Å². The zero-order valence-corrected chi connectivity index (χ0v) is 11.5. The van der Waals surface area contributed by atoms with Crippen LogP contribution in [0.5, 0.6) is 0 Å². The number of amides is 1. The van der Waals surface area contributed by atoms with Gasteiger partial charge in [-0.1, -0.05) is 18.2 Å². The summed E-state index contributed by atoms with van der Waals surface area (Å²) < 4.78 is 5.55. The van der Waals surface area contributed by atoms with E-state index < -0.39 is 0 Å². The van der Waals surface area contributed by atoms with Crippen LogP contribution in [0.3, 0.4) is 0 Å². The molecule has 4 heteroatoms. The molecule has 1 saturated heterocycles. The average molecular weight is 262 g/mol. The first-order chi connectivity index (χ1) is 9.16. The van der Waals surface area contributed by atoms with E-state index in [4.69, 9.17) is 10.5 Å². The molecule has 2 rings (SSSR count). The number of hydrogen-bond acceptors (Lipinski definition) is 3. The lowest BCUT2D eigenvalue weighted by atomic mass is 10.1. The number of nitrogen functional groups attached to an aromatic ring is 1. The first-order valence-corrected chi connectivity index (χ1v) is 6.89. The van der Waals surface area contributed by atoms with Crippen LogP contribution < -0.4 is 5.73 Å². The molecule has 1 amide bonds. The van der Waals surface area contributed by atoms with Crippen LogP contribution in [-0.4, -0.2) is 36.6 Å². The van der Waals surface area contributed by atoms with Crippen LogP contribution in [-0.2, 0) is 16.0 Å². The van der Waals surface area contributed by atoms with E-state index in [1.165, 1.54) is 0 Å². The smallest absolute Gasteiger partial charge is 0.222 e. The quantitative estimate of drug-likeness (QED) is 0.846. The average Bonchev–Trinajstić information content (AvgIpc) is 2.62. The molecule has 0 saturated carbocycles. The van der Waals surface area contributed by atoms with Gasteiger partial charge < -0.3 is 15.4 Å². The molecule has 1 aromatic rings. The van der Waals surface area contributed by atoms with Crippen LogP contribution in [0.4, 0.5) is 5.69 Å². The third-order valence-corrected chi connectivity index (χ3v) is 3.47. The molecule has 19 heavy (non-hydrogen) atoms. The maximum absolute atomic E-state index is 12.2. The molecule has 0 aromatic heterocycles. The highest BCUT2D eigenvalue weighted by Gasteiger charge is 2.19. The van der Waals surface area contributed by atoms with Crippen LogP contribution in [0, 0.1) is 0 Å². The highest BCUT2D eigenvalue weighted by atomic mass is 16.5. The zero-order chi connectivity index (χ0) is 13.7. The van der Waals surface area contributed by atoms with Gasteiger partial charge in [0.15, 0.2) is 0 Å². The van der Waals surface area contributed by atoms with Crippen molar-refractivity contribution < 1.29 is 9.53 Å². The van der Waals surface area contributed by atoms with Crippen molar-refractivity contribution in [2.75, 3.05) is 25.4 Å². The number of hydrogen-bond donors (Lipinski definition) is 1. The van der Waals surface area contributed by atoms with Crippen molar-refractivity contribution in [1.82, 2.24) is 4.90 Å². The molecule has 104 valence electrons. The molecule has 0 radical (unpaired) electrons. The second kappa shape index (κ2) is 6.57. The Morgan fingerprint density at radius 3 is 3.05 bits per heavy atom. The number of anilines is 1. The summed E-state index contributed by atoms with van der Waals surface area (Å²) in [6, 6.07) is 7.73. The maximum atomic E-state index is 12.2. The van der Waals surface area contributed by atoms with Crippen LogP contribution in [0.15, 0.2) is 24.3 Å². The molecule has 1 aliphatic heterocycles. The fourth-order valence-electron chi connectivity index (χ4n) is 2.38. The van der Waals surface area contributed by atoms with Crippen molar-refractivity contribution in [3.63, 3.8) is 0 Å². The van der Waals surface area contributed by atoms with E-state index in [0.29, 0.717) is 19.4 Å². The number of ether oxygens (including phenoxy) is 1. The number of rotatable bonds is 3. The highest BCUT2D eigenvalue weighted by Crippen LogP contribution is 2.14. The van der Waals surface area contributed by atoms with Crippen molar-refractivity contribution in [3.05, 3.63) is 29.8 Å². The van der Waals surface area contributed by atoms with Gasteiger partial charge in [-0.25, -0.2) is 0 Å². The molecule has 0 bridgehead atoms. The van der Waals surface area contributed by atoms with Gasteiger partial charge in [0.05, 0.1) is 6.10 Å². The fourth-order valence-corrected chi connectivity index (χ4v) is 2.38. The predicted molar refractivity (Wildman–Crippen MR) is 75.8 cm³/mol. The minimum Gasteiger partial charge on any atom is -0.399 e. The summed E-state index contributed by atoms with van der Waals surface area (Å²) >= 11 is 0. The molecule has 1 fully saturated rings. The molecule has 1 heterocycles. The van der Waals surface area contributed by atoms with Gasteiger partial charge in [-0.3, -0.25) is 4.79 Å². The Labute approximate surface area is 114 Å². The topological polar surface area (TPSA) is 55.6 Å². The Kier molecular flexibility index (Phi) is 4.80. The summed E-state index contributed by atoms with van der Waals surface area (Å²) in [4.78, 5) is 14.1. The lowest BCUT2D eigenvalue weighted by molar-refractivity contribution is -0.131. The third-order valence-electron chi connectivity index (χ3n) is 3.47. The van der Waals surface area contributed by atoms with Gasteiger partial charge in [-0.15, -0.1) is 0 Å². The number of nitrogens with two attached hydrogens (primary N) is 1. The molecule has 1 aromatic carbocycles. The molecule has 1 atom stereocenters. The van der Waals surface area contributed by atoms with E-state index in [1.54, 1.807) is 0 Å². The number of para-hydroxylation sites is 1.